The summed E-state index contributed by atoms with van der Waals surface area (Å²) in [5.41, 5.74) is 6.91. The van der Waals surface area contributed by atoms with E-state index < -0.39 is 0 Å². The molecule has 2 rings (SSSR count). The van der Waals surface area contributed by atoms with E-state index in [2.05, 4.69) is 11.9 Å². The van der Waals surface area contributed by atoms with Gasteiger partial charge in [-0.3, -0.25) is 4.79 Å². The van der Waals surface area contributed by atoms with Crippen LogP contribution in [0.3, 0.4) is 0 Å². The molecule has 0 saturated carbocycles. The molecule has 19 heavy (non-hydrogen) atoms. The Bertz CT molecular complexity index is 430. The van der Waals surface area contributed by atoms with Crippen molar-refractivity contribution in [3.05, 3.63) is 16.1 Å². The summed E-state index contributed by atoms with van der Waals surface area (Å²) in [7, 11) is 0. The Kier molecular flexibility index (Phi) is 4.93. The molecular weight excluding hydrogens is 258 g/mol. The average molecular weight is 281 g/mol. The van der Waals surface area contributed by atoms with Gasteiger partial charge in [0.15, 0.2) is 0 Å². The molecule has 1 saturated heterocycles. The van der Waals surface area contributed by atoms with Crippen LogP contribution in [0.4, 0.5) is 0 Å². The van der Waals surface area contributed by atoms with Crippen molar-refractivity contribution in [2.24, 2.45) is 5.73 Å². The Morgan fingerprint density at radius 2 is 2.42 bits per heavy atom. The first-order valence-corrected chi connectivity index (χ1v) is 7.98. The molecular formula is C14H23N3OS. The molecule has 2 atom stereocenters. The van der Waals surface area contributed by atoms with Crippen LogP contribution >= 0.6 is 11.3 Å². The third-order valence-corrected chi connectivity index (χ3v) is 4.75. The minimum Gasteiger partial charge on any atom is -0.338 e. The number of carbonyl (C=O) groups excluding carboxylic acids is 1. The Hall–Kier alpha value is -0.940. The average Bonchev–Trinajstić information content (AvgIpc) is 2.86. The molecule has 1 aromatic heterocycles. The second-order valence-electron chi connectivity index (χ2n) is 5.27. The van der Waals surface area contributed by atoms with Crippen LogP contribution in [0.1, 0.15) is 43.8 Å². The second-order valence-corrected chi connectivity index (χ2v) is 6.21. The minimum absolute atomic E-state index is 0.0471. The van der Waals surface area contributed by atoms with Gasteiger partial charge in [-0.05, 0) is 32.6 Å². The van der Waals surface area contributed by atoms with Crippen LogP contribution in [-0.2, 0) is 17.6 Å². The van der Waals surface area contributed by atoms with Crippen LogP contribution in [0.25, 0.3) is 0 Å². The minimum atomic E-state index is 0.0471. The predicted molar refractivity (Wildman–Crippen MR) is 78.2 cm³/mol. The van der Waals surface area contributed by atoms with Gasteiger partial charge in [0.1, 0.15) is 0 Å². The Morgan fingerprint density at radius 3 is 3.05 bits per heavy atom. The normalized spacial score (nSPS) is 21.4. The smallest absolute Gasteiger partial charge is 0.228 e. The number of hydrogen-bond donors (Lipinski definition) is 1. The van der Waals surface area contributed by atoms with Crippen LogP contribution in [-0.4, -0.2) is 34.4 Å². The number of thiazole rings is 1. The zero-order valence-corrected chi connectivity index (χ0v) is 12.6. The summed E-state index contributed by atoms with van der Waals surface area (Å²) in [5, 5.41) is 3.10. The fraction of sp³-hybridized carbons (Fsp3) is 0.714. The van der Waals surface area contributed by atoms with E-state index in [4.69, 9.17) is 5.73 Å². The maximum atomic E-state index is 12.4. The number of aryl methyl sites for hydroxylation is 1. The zero-order valence-electron chi connectivity index (χ0n) is 11.8. The lowest BCUT2D eigenvalue weighted by Gasteiger charge is -2.38. The van der Waals surface area contributed by atoms with Crippen molar-refractivity contribution in [3.63, 3.8) is 0 Å². The highest BCUT2D eigenvalue weighted by molar-refractivity contribution is 7.09. The first-order chi connectivity index (χ1) is 9.11. The molecule has 5 heteroatoms. The van der Waals surface area contributed by atoms with E-state index in [9.17, 15) is 4.79 Å². The topological polar surface area (TPSA) is 59.2 Å². The highest BCUT2D eigenvalue weighted by Crippen LogP contribution is 2.20. The lowest BCUT2D eigenvalue weighted by Crippen LogP contribution is -2.52. The standard InChI is InChI=1S/C14H23N3OS/c1-3-13-16-11(9-19-13)8-14(18)17-7-5-4-6-12(17)10(2)15/h9-10,12H,3-8,15H2,1-2H3. The highest BCUT2D eigenvalue weighted by Gasteiger charge is 2.29. The van der Waals surface area contributed by atoms with E-state index in [1.165, 1.54) is 6.42 Å². The molecule has 1 amide bonds. The number of amides is 1. The first-order valence-electron chi connectivity index (χ1n) is 7.10. The molecule has 106 valence electrons. The quantitative estimate of drug-likeness (QED) is 0.918. The van der Waals surface area contributed by atoms with Crippen LogP contribution in [0.2, 0.25) is 0 Å². The van der Waals surface area contributed by atoms with E-state index in [-0.39, 0.29) is 18.0 Å². The van der Waals surface area contributed by atoms with Gasteiger partial charge in [-0.1, -0.05) is 6.92 Å². The third kappa shape index (κ3) is 3.54. The summed E-state index contributed by atoms with van der Waals surface area (Å²) in [5.74, 6) is 0.176. The van der Waals surface area contributed by atoms with Gasteiger partial charge in [0, 0.05) is 24.0 Å². The summed E-state index contributed by atoms with van der Waals surface area (Å²) in [6, 6.07) is 0.247. The molecule has 2 unspecified atom stereocenters. The Morgan fingerprint density at radius 1 is 1.63 bits per heavy atom. The number of hydrogen-bond acceptors (Lipinski definition) is 4. The number of piperidine rings is 1. The Balaban J connectivity index is 2.01. The molecule has 2 N–H and O–H groups in total. The number of nitrogens with two attached hydrogens (primary N) is 1. The van der Waals surface area contributed by atoms with Crippen molar-refractivity contribution in [1.82, 2.24) is 9.88 Å². The monoisotopic (exact) mass is 281 g/mol. The van der Waals surface area contributed by atoms with Gasteiger partial charge in [0.2, 0.25) is 5.91 Å². The summed E-state index contributed by atoms with van der Waals surface area (Å²) < 4.78 is 0. The molecule has 0 radical (unpaired) electrons. The fourth-order valence-electron chi connectivity index (χ4n) is 2.66. The molecule has 1 aliphatic heterocycles. The van der Waals surface area contributed by atoms with E-state index in [0.717, 1.165) is 36.5 Å². The van der Waals surface area contributed by atoms with Crippen molar-refractivity contribution in [1.29, 1.82) is 0 Å². The molecule has 0 aromatic carbocycles. The third-order valence-electron chi connectivity index (χ3n) is 3.71. The van der Waals surface area contributed by atoms with Gasteiger partial charge in [0.25, 0.3) is 0 Å². The number of nitrogens with zero attached hydrogens (tertiary/aromatic N) is 2. The van der Waals surface area contributed by atoms with Crippen LogP contribution in [0.5, 0.6) is 0 Å². The summed E-state index contributed by atoms with van der Waals surface area (Å²) in [6.45, 7) is 4.92. The maximum absolute atomic E-state index is 12.4. The number of rotatable bonds is 4. The molecule has 0 bridgehead atoms. The van der Waals surface area contributed by atoms with Crippen molar-refractivity contribution < 1.29 is 4.79 Å². The van der Waals surface area contributed by atoms with Crippen molar-refractivity contribution in [2.75, 3.05) is 6.54 Å². The van der Waals surface area contributed by atoms with Gasteiger partial charge >= 0.3 is 0 Å². The maximum Gasteiger partial charge on any atom is 0.228 e. The molecule has 0 aliphatic carbocycles. The summed E-state index contributed by atoms with van der Waals surface area (Å²) >= 11 is 1.64. The molecule has 1 aromatic rings. The van der Waals surface area contributed by atoms with Crippen LogP contribution in [0, 0.1) is 0 Å². The van der Waals surface area contributed by atoms with Gasteiger partial charge in [-0.25, -0.2) is 4.98 Å². The van der Waals surface area contributed by atoms with Crippen molar-refractivity contribution in [2.45, 2.75) is 58.0 Å². The number of aromatic nitrogens is 1. The van der Waals surface area contributed by atoms with Gasteiger partial charge in [0.05, 0.1) is 17.1 Å². The molecule has 2 heterocycles. The predicted octanol–water partition coefficient (Wildman–Crippen LogP) is 1.98. The van der Waals surface area contributed by atoms with E-state index in [1.807, 2.05) is 17.2 Å². The number of carbonyl (C=O) groups is 1. The van der Waals surface area contributed by atoms with Crippen molar-refractivity contribution in [3.8, 4) is 0 Å². The van der Waals surface area contributed by atoms with E-state index in [0.29, 0.717) is 6.42 Å². The van der Waals surface area contributed by atoms with Crippen LogP contribution in [0.15, 0.2) is 5.38 Å². The van der Waals surface area contributed by atoms with E-state index in [1.54, 1.807) is 11.3 Å². The first kappa shape index (κ1) is 14.5. The van der Waals surface area contributed by atoms with Crippen LogP contribution < -0.4 is 5.73 Å². The second kappa shape index (κ2) is 6.48. The SMILES string of the molecule is CCc1nc(CC(=O)N2CCCCC2C(C)N)cs1. The van der Waals surface area contributed by atoms with Gasteiger partial charge in [-0.2, -0.15) is 0 Å². The fourth-order valence-corrected chi connectivity index (χ4v) is 3.41. The molecule has 1 aliphatic rings. The van der Waals surface area contributed by atoms with Crippen molar-refractivity contribution >= 4 is 17.2 Å². The molecule has 1 fully saturated rings. The largest absolute Gasteiger partial charge is 0.338 e. The van der Waals surface area contributed by atoms with Gasteiger partial charge in [-0.15, -0.1) is 11.3 Å². The summed E-state index contributed by atoms with van der Waals surface area (Å²) in [4.78, 5) is 18.9. The highest BCUT2D eigenvalue weighted by atomic mass is 32.1. The Labute approximate surface area is 119 Å². The summed E-state index contributed by atoms with van der Waals surface area (Å²) in [6.07, 6.45) is 4.64. The van der Waals surface area contributed by atoms with E-state index >= 15 is 0 Å². The molecule has 0 spiro atoms. The molecule has 4 nitrogen and oxygen atoms in total. The number of likely N-dealkylation sites (tertiary alicyclic amines) is 1. The lowest BCUT2D eigenvalue weighted by atomic mass is 9.96. The zero-order chi connectivity index (χ0) is 13.8. The lowest BCUT2D eigenvalue weighted by molar-refractivity contribution is -0.134. The van der Waals surface area contributed by atoms with Gasteiger partial charge < -0.3 is 10.6 Å².